The molecule has 3 aliphatic heterocycles. The van der Waals surface area contributed by atoms with Gasteiger partial charge in [-0.25, -0.2) is 0 Å². The van der Waals surface area contributed by atoms with Gasteiger partial charge in [0.25, 0.3) is 0 Å². The lowest BCUT2D eigenvalue weighted by atomic mass is 9.70. The van der Waals surface area contributed by atoms with Gasteiger partial charge in [0.05, 0.1) is 29.2 Å². The summed E-state index contributed by atoms with van der Waals surface area (Å²) in [6.07, 6.45) is 2.21. The molecule has 3 amide bonds. The van der Waals surface area contributed by atoms with Crippen molar-refractivity contribution < 1.29 is 19.5 Å². The SMILES string of the molecule is CCCNC(=O)[C@H]1[C@@H]2SC3(CC2Br)C(C(=O)NCc2ccccc2)N([C@@H](CO)[C@@H](C)CC)C(=O)[C@H]13. The van der Waals surface area contributed by atoms with Crippen LogP contribution in [0, 0.1) is 17.8 Å². The molecule has 3 N–H and O–H groups in total. The van der Waals surface area contributed by atoms with Crippen LogP contribution in [0.2, 0.25) is 0 Å². The molecule has 3 aliphatic rings. The Morgan fingerprint density at radius 3 is 2.57 bits per heavy atom. The van der Waals surface area contributed by atoms with E-state index in [9.17, 15) is 19.5 Å². The van der Waals surface area contributed by atoms with Crippen molar-refractivity contribution >= 4 is 45.4 Å². The van der Waals surface area contributed by atoms with Gasteiger partial charge in [-0.1, -0.05) is 73.5 Å². The number of halogens is 1. The van der Waals surface area contributed by atoms with Gasteiger partial charge < -0.3 is 20.6 Å². The predicted octanol–water partition coefficient (Wildman–Crippen LogP) is 2.70. The molecule has 2 bridgehead atoms. The van der Waals surface area contributed by atoms with E-state index in [0.717, 1.165) is 18.4 Å². The van der Waals surface area contributed by atoms with E-state index in [2.05, 4.69) is 26.6 Å². The molecule has 1 aromatic carbocycles. The maximum Gasteiger partial charge on any atom is 0.244 e. The number of aliphatic hydroxyl groups is 1. The minimum absolute atomic E-state index is 0.0120. The van der Waals surface area contributed by atoms with Crippen molar-refractivity contribution in [1.82, 2.24) is 15.5 Å². The number of likely N-dealkylation sites (tertiary alicyclic amines) is 1. The second kappa shape index (κ2) is 10.8. The van der Waals surface area contributed by atoms with E-state index in [1.807, 2.05) is 51.1 Å². The van der Waals surface area contributed by atoms with Crippen molar-refractivity contribution in [2.24, 2.45) is 17.8 Å². The van der Waals surface area contributed by atoms with Crippen molar-refractivity contribution in [3.63, 3.8) is 0 Å². The Morgan fingerprint density at radius 1 is 1.23 bits per heavy atom. The number of thioether (sulfide) groups is 1. The van der Waals surface area contributed by atoms with Crippen LogP contribution in [-0.2, 0) is 20.9 Å². The van der Waals surface area contributed by atoms with Crippen molar-refractivity contribution in [2.45, 2.75) is 73.5 Å². The molecule has 3 heterocycles. The predicted molar refractivity (Wildman–Crippen MR) is 141 cm³/mol. The number of benzene rings is 1. The fourth-order valence-corrected chi connectivity index (χ4v) is 9.69. The zero-order chi connectivity index (χ0) is 25.3. The average Bonchev–Trinajstić information content (AvgIpc) is 3.45. The Hall–Kier alpha value is -1.58. The van der Waals surface area contributed by atoms with Crippen molar-refractivity contribution in [3.05, 3.63) is 35.9 Å². The molecule has 3 unspecified atom stereocenters. The first-order valence-corrected chi connectivity index (χ1v) is 14.4. The van der Waals surface area contributed by atoms with E-state index in [-0.39, 0.29) is 40.3 Å². The van der Waals surface area contributed by atoms with Gasteiger partial charge in [0.15, 0.2) is 0 Å². The molecule has 0 saturated carbocycles. The summed E-state index contributed by atoms with van der Waals surface area (Å²) in [6.45, 7) is 6.72. The van der Waals surface area contributed by atoms with Crippen LogP contribution >= 0.6 is 27.7 Å². The number of hydrogen-bond acceptors (Lipinski definition) is 5. The minimum Gasteiger partial charge on any atom is -0.394 e. The molecule has 3 saturated heterocycles. The van der Waals surface area contributed by atoms with Crippen molar-refractivity contribution in [3.8, 4) is 0 Å². The van der Waals surface area contributed by atoms with E-state index >= 15 is 0 Å². The summed E-state index contributed by atoms with van der Waals surface area (Å²) < 4.78 is -0.703. The van der Waals surface area contributed by atoms with Crippen molar-refractivity contribution in [1.29, 1.82) is 0 Å². The lowest BCUT2D eigenvalue weighted by Crippen LogP contribution is -2.58. The van der Waals surface area contributed by atoms with Crippen LogP contribution in [-0.4, -0.2) is 67.8 Å². The Balaban J connectivity index is 1.71. The largest absolute Gasteiger partial charge is 0.394 e. The van der Waals surface area contributed by atoms with Crippen LogP contribution < -0.4 is 10.6 Å². The number of alkyl halides is 1. The minimum atomic E-state index is -0.742. The van der Waals surface area contributed by atoms with E-state index in [0.29, 0.717) is 19.5 Å². The molecule has 1 spiro atoms. The second-order valence-electron chi connectivity index (χ2n) is 10.0. The summed E-state index contributed by atoms with van der Waals surface area (Å²) in [7, 11) is 0. The Kier molecular flexibility index (Phi) is 8.18. The van der Waals surface area contributed by atoms with Crippen LogP contribution in [0.15, 0.2) is 30.3 Å². The van der Waals surface area contributed by atoms with Gasteiger partial charge in [-0.2, -0.15) is 0 Å². The van der Waals surface area contributed by atoms with Gasteiger partial charge in [-0.05, 0) is 24.3 Å². The summed E-state index contributed by atoms with van der Waals surface area (Å²) >= 11 is 5.41. The van der Waals surface area contributed by atoms with E-state index in [4.69, 9.17) is 0 Å². The highest BCUT2D eigenvalue weighted by Crippen LogP contribution is 2.68. The second-order valence-corrected chi connectivity index (χ2v) is 12.8. The number of carbonyl (C=O) groups is 3. The average molecular weight is 567 g/mol. The molecule has 35 heavy (non-hydrogen) atoms. The molecule has 8 atom stereocenters. The molecule has 192 valence electrons. The molecule has 7 nitrogen and oxygen atoms in total. The van der Waals surface area contributed by atoms with Crippen molar-refractivity contribution in [2.75, 3.05) is 13.2 Å². The summed E-state index contributed by atoms with van der Waals surface area (Å²) in [5, 5.41) is 16.4. The molecule has 1 aromatic rings. The highest BCUT2D eigenvalue weighted by atomic mass is 79.9. The standard InChI is InChI=1S/C26H36BrN3O4S/c1-4-11-28-23(32)19-20-25(34)30(18(14-31)15(3)5-2)22(26(20)12-17(27)21(19)35-26)24(33)29-13-16-9-7-6-8-10-16/h6-10,15,17-22,31H,4-5,11-14H2,1-3H3,(H,28,32)(H,29,33)/t15-,17?,18-,19+,20-,21+,22?,26?/m0/s1. The number of rotatable bonds is 10. The quantitative estimate of drug-likeness (QED) is 0.379. The Morgan fingerprint density at radius 2 is 1.94 bits per heavy atom. The summed E-state index contributed by atoms with van der Waals surface area (Å²) in [6, 6.07) is 8.46. The summed E-state index contributed by atoms with van der Waals surface area (Å²) in [4.78, 5) is 42.9. The van der Waals surface area contributed by atoms with Crippen LogP contribution in [0.1, 0.15) is 45.6 Å². The maximum atomic E-state index is 14.1. The van der Waals surface area contributed by atoms with E-state index < -0.39 is 28.7 Å². The third-order valence-electron chi connectivity index (χ3n) is 7.98. The van der Waals surface area contributed by atoms with Crippen LogP contribution in [0.4, 0.5) is 0 Å². The lowest BCUT2D eigenvalue weighted by molar-refractivity contribution is -0.143. The lowest BCUT2D eigenvalue weighted by Gasteiger charge is -2.39. The van der Waals surface area contributed by atoms with Gasteiger partial charge in [0, 0.05) is 23.2 Å². The Bertz CT molecular complexity index is 950. The van der Waals surface area contributed by atoms with E-state index in [1.54, 1.807) is 16.7 Å². The van der Waals surface area contributed by atoms with Gasteiger partial charge in [-0.3, -0.25) is 14.4 Å². The zero-order valence-corrected chi connectivity index (χ0v) is 23.0. The number of carbonyl (C=O) groups excluding carboxylic acids is 3. The number of aliphatic hydroxyl groups excluding tert-OH is 1. The topological polar surface area (TPSA) is 98.7 Å². The summed E-state index contributed by atoms with van der Waals surface area (Å²) in [5.41, 5.74) is 0.977. The zero-order valence-electron chi connectivity index (χ0n) is 20.6. The molecule has 9 heteroatoms. The molecule has 0 aromatic heterocycles. The monoisotopic (exact) mass is 565 g/mol. The van der Waals surface area contributed by atoms with Gasteiger partial charge in [-0.15, -0.1) is 11.8 Å². The number of nitrogens with zero attached hydrogens (tertiary/aromatic N) is 1. The number of hydrogen-bond donors (Lipinski definition) is 3. The third kappa shape index (κ3) is 4.53. The normalized spacial score (nSPS) is 32.9. The highest BCUT2D eigenvalue weighted by Gasteiger charge is 2.76. The van der Waals surface area contributed by atoms with Gasteiger partial charge >= 0.3 is 0 Å². The number of fused-ring (bicyclic) bond motifs is 1. The smallest absolute Gasteiger partial charge is 0.244 e. The summed E-state index contributed by atoms with van der Waals surface area (Å²) in [5.74, 6) is -1.55. The number of nitrogens with one attached hydrogen (secondary N) is 2. The molecule has 4 rings (SSSR count). The molecule has 0 radical (unpaired) electrons. The number of amides is 3. The van der Waals surface area contributed by atoms with Crippen LogP contribution in [0.3, 0.4) is 0 Å². The fourth-order valence-electron chi connectivity index (χ4n) is 6.09. The molecular formula is C26H36BrN3O4S. The fraction of sp³-hybridized carbons (Fsp3) is 0.654. The third-order valence-corrected chi connectivity index (χ3v) is 11.2. The van der Waals surface area contributed by atoms with E-state index in [1.165, 1.54) is 0 Å². The molecule has 3 fully saturated rings. The Labute approximate surface area is 220 Å². The first-order valence-electron chi connectivity index (χ1n) is 12.6. The first-order chi connectivity index (χ1) is 16.8. The van der Waals surface area contributed by atoms with Gasteiger partial charge in [0.2, 0.25) is 17.7 Å². The van der Waals surface area contributed by atoms with Gasteiger partial charge in [0.1, 0.15) is 6.04 Å². The van der Waals surface area contributed by atoms with Crippen LogP contribution in [0.25, 0.3) is 0 Å². The molecular weight excluding hydrogens is 530 g/mol. The first kappa shape index (κ1) is 26.5. The maximum absolute atomic E-state index is 14.1. The highest BCUT2D eigenvalue weighted by molar-refractivity contribution is 9.09. The van der Waals surface area contributed by atoms with Crippen LogP contribution in [0.5, 0.6) is 0 Å². The molecule has 0 aliphatic carbocycles.